The van der Waals surface area contributed by atoms with Gasteiger partial charge in [0.2, 0.25) is 0 Å². The molecule has 5 nitrogen and oxygen atoms in total. The van der Waals surface area contributed by atoms with Crippen LogP contribution in [0.15, 0.2) is 6.20 Å². The molecule has 0 aliphatic rings. The molecule has 0 saturated heterocycles. The summed E-state index contributed by atoms with van der Waals surface area (Å²) in [6.07, 6.45) is 2.66. The van der Waals surface area contributed by atoms with Crippen molar-refractivity contribution in [2.24, 2.45) is 0 Å². The highest BCUT2D eigenvalue weighted by atomic mass is 16.4. The van der Waals surface area contributed by atoms with Crippen LogP contribution in [0.4, 0.5) is 5.82 Å². The molecular formula is C12H19N3O2. The van der Waals surface area contributed by atoms with E-state index in [1.54, 1.807) is 6.20 Å². The van der Waals surface area contributed by atoms with E-state index in [1.807, 2.05) is 27.7 Å². The first kappa shape index (κ1) is 13.4. The fourth-order valence-electron chi connectivity index (χ4n) is 1.67. The fourth-order valence-corrected chi connectivity index (χ4v) is 1.67. The van der Waals surface area contributed by atoms with Crippen molar-refractivity contribution in [1.29, 1.82) is 0 Å². The minimum atomic E-state index is -0.965. The van der Waals surface area contributed by atoms with Gasteiger partial charge in [0.05, 0.1) is 11.4 Å². The first-order valence-corrected chi connectivity index (χ1v) is 5.77. The summed E-state index contributed by atoms with van der Waals surface area (Å²) in [5, 5.41) is 12.4. The molecule has 0 aliphatic heterocycles. The molecule has 94 valence electrons. The number of carboxylic acid groups (broad SMARTS) is 1. The number of carbonyl (C=O) groups is 1. The van der Waals surface area contributed by atoms with Crippen LogP contribution in [0, 0.1) is 13.8 Å². The number of hydrogen-bond donors (Lipinski definition) is 2. The lowest BCUT2D eigenvalue weighted by molar-refractivity contribution is -0.142. The fraction of sp³-hybridized carbons (Fsp3) is 0.583. The highest BCUT2D eigenvalue weighted by molar-refractivity contribution is 5.82. The zero-order valence-corrected chi connectivity index (χ0v) is 10.7. The van der Waals surface area contributed by atoms with Crippen LogP contribution in [-0.2, 0) is 4.79 Å². The van der Waals surface area contributed by atoms with Gasteiger partial charge in [0.1, 0.15) is 11.4 Å². The Morgan fingerprint density at radius 2 is 2.00 bits per heavy atom. The lowest BCUT2D eigenvalue weighted by Crippen LogP contribution is -2.45. The molecule has 0 aromatic carbocycles. The highest BCUT2D eigenvalue weighted by Gasteiger charge is 2.35. The van der Waals surface area contributed by atoms with E-state index in [-0.39, 0.29) is 0 Å². The Bertz CT molecular complexity index is 414. The third-order valence-electron chi connectivity index (χ3n) is 3.05. The van der Waals surface area contributed by atoms with Gasteiger partial charge in [-0.05, 0) is 26.7 Å². The first-order chi connectivity index (χ1) is 7.95. The first-order valence-electron chi connectivity index (χ1n) is 5.77. The largest absolute Gasteiger partial charge is 0.480 e. The Hall–Kier alpha value is -1.65. The number of carboxylic acids is 1. The summed E-state index contributed by atoms with van der Waals surface area (Å²) < 4.78 is 0. The van der Waals surface area contributed by atoms with Gasteiger partial charge in [0, 0.05) is 6.20 Å². The monoisotopic (exact) mass is 237 g/mol. The summed E-state index contributed by atoms with van der Waals surface area (Å²) in [5.41, 5.74) is 0.514. The number of anilines is 1. The van der Waals surface area contributed by atoms with Crippen molar-refractivity contribution in [3.05, 3.63) is 17.6 Å². The molecule has 17 heavy (non-hydrogen) atoms. The molecule has 0 amide bonds. The average Bonchev–Trinajstić information content (AvgIpc) is 2.30. The van der Waals surface area contributed by atoms with Gasteiger partial charge in [-0.25, -0.2) is 9.78 Å². The van der Waals surface area contributed by atoms with Gasteiger partial charge >= 0.3 is 5.97 Å². The standard InChI is InChI=1S/C12H19N3O2/c1-5-12(6-2,11(16)17)15-10-9(4)13-7-8(3)14-10/h7H,5-6H2,1-4H3,(H,14,15)(H,16,17). The topological polar surface area (TPSA) is 75.1 Å². The number of nitrogens with zero attached hydrogens (tertiary/aromatic N) is 2. The van der Waals surface area contributed by atoms with Gasteiger partial charge < -0.3 is 10.4 Å². The van der Waals surface area contributed by atoms with E-state index >= 15 is 0 Å². The second-order valence-corrected chi connectivity index (χ2v) is 4.16. The molecule has 0 atom stereocenters. The van der Waals surface area contributed by atoms with Gasteiger partial charge in [-0.3, -0.25) is 4.98 Å². The normalized spacial score (nSPS) is 11.3. The lowest BCUT2D eigenvalue weighted by atomic mass is 9.93. The zero-order chi connectivity index (χ0) is 13.1. The van der Waals surface area contributed by atoms with Crippen molar-refractivity contribution in [3.63, 3.8) is 0 Å². The SMILES string of the molecule is CCC(CC)(Nc1nc(C)cnc1C)C(=O)O. The van der Waals surface area contributed by atoms with Crippen molar-refractivity contribution in [3.8, 4) is 0 Å². The molecular weight excluding hydrogens is 218 g/mol. The van der Waals surface area contributed by atoms with Crippen molar-refractivity contribution in [2.75, 3.05) is 5.32 Å². The minimum absolute atomic E-state index is 0.494. The third-order valence-corrected chi connectivity index (χ3v) is 3.05. The summed E-state index contributed by atoms with van der Waals surface area (Å²) in [6.45, 7) is 7.34. The van der Waals surface area contributed by atoms with Crippen LogP contribution in [0.2, 0.25) is 0 Å². The molecule has 1 aromatic heterocycles. The van der Waals surface area contributed by atoms with E-state index in [9.17, 15) is 9.90 Å². The predicted molar refractivity (Wildman–Crippen MR) is 66.1 cm³/mol. The van der Waals surface area contributed by atoms with Crippen LogP contribution >= 0.6 is 0 Å². The Kier molecular flexibility index (Phi) is 4.04. The molecule has 1 rings (SSSR count). The molecule has 2 N–H and O–H groups in total. The maximum Gasteiger partial charge on any atom is 0.329 e. The molecule has 0 saturated carbocycles. The van der Waals surface area contributed by atoms with Crippen molar-refractivity contribution >= 4 is 11.8 Å². The van der Waals surface area contributed by atoms with E-state index < -0.39 is 11.5 Å². The Morgan fingerprint density at radius 1 is 1.41 bits per heavy atom. The number of aromatic nitrogens is 2. The number of nitrogens with one attached hydrogen (secondary N) is 1. The van der Waals surface area contributed by atoms with Crippen molar-refractivity contribution in [1.82, 2.24) is 9.97 Å². The van der Waals surface area contributed by atoms with E-state index in [4.69, 9.17) is 0 Å². The number of hydrogen-bond acceptors (Lipinski definition) is 4. The molecule has 5 heteroatoms. The minimum Gasteiger partial charge on any atom is -0.480 e. The molecule has 0 fully saturated rings. The van der Waals surface area contributed by atoms with Gasteiger partial charge in [0.15, 0.2) is 0 Å². The summed E-state index contributed by atoms with van der Waals surface area (Å²) in [5.74, 6) is -0.304. The van der Waals surface area contributed by atoms with Crippen LogP contribution in [0.5, 0.6) is 0 Å². The maximum absolute atomic E-state index is 11.4. The smallest absolute Gasteiger partial charge is 0.329 e. The zero-order valence-electron chi connectivity index (χ0n) is 10.7. The van der Waals surface area contributed by atoms with Crippen LogP contribution < -0.4 is 5.32 Å². The van der Waals surface area contributed by atoms with Crippen molar-refractivity contribution < 1.29 is 9.90 Å². The van der Waals surface area contributed by atoms with Gasteiger partial charge in [-0.15, -0.1) is 0 Å². The number of aliphatic carboxylic acids is 1. The summed E-state index contributed by atoms with van der Waals surface area (Å²) >= 11 is 0. The Morgan fingerprint density at radius 3 is 2.47 bits per heavy atom. The van der Waals surface area contributed by atoms with Crippen LogP contribution in [0.3, 0.4) is 0 Å². The van der Waals surface area contributed by atoms with Gasteiger partial charge in [-0.1, -0.05) is 13.8 Å². The molecule has 0 radical (unpaired) electrons. The summed E-state index contributed by atoms with van der Waals surface area (Å²) in [7, 11) is 0. The van der Waals surface area contributed by atoms with E-state index in [2.05, 4.69) is 15.3 Å². The molecule has 0 unspecified atom stereocenters. The summed E-state index contributed by atoms with van der Waals surface area (Å²) in [4.78, 5) is 19.8. The van der Waals surface area contributed by atoms with Gasteiger partial charge in [0.25, 0.3) is 0 Å². The van der Waals surface area contributed by atoms with Crippen molar-refractivity contribution in [2.45, 2.75) is 46.1 Å². The average molecular weight is 237 g/mol. The molecule has 1 aromatic rings. The highest BCUT2D eigenvalue weighted by Crippen LogP contribution is 2.23. The Balaban J connectivity index is 3.09. The van der Waals surface area contributed by atoms with Crippen LogP contribution in [0.25, 0.3) is 0 Å². The second-order valence-electron chi connectivity index (χ2n) is 4.16. The van der Waals surface area contributed by atoms with Crippen LogP contribution in [-0.4, -0.2) is 26.6 Å². The van der Waals surface area contributed by atoms with Gasteiger partial charge in [-0.2, -0.15) is 0 Å². The van der Waals surface area contributed by atoms with Crippen LogP contribution in [0.1, 0.15) is 38.1 Å². The van der Waals surface area contributed by atoms with E-state index in [1.165, 1.54) is 0 Å². The van der Waals surface area contributed by atoms with E-state index in [0.29, 0.717) is 24.4 Å². The maximum atomic E-state index is 11.4. The quantitative estimate of drug-likeness (QED) is 0.820. The summed E-state index contributed by atoms with van der Waals surface area (Å²) in [6, 6.07) is 0. The predicted octanol–water partition coefficient (Wildman–Crippen LogP) is 2.15. The molecule has 0 spiro atoms. The second kappa shape index (κ2) is 5.12. The number of aryl methyl sites for hydroxylation is 2. The Labute approximate surface area is 101 Å². The number of rotatable bonds is 5. The molecule has 0 bridgehead atoms. The molecule has 0 aliphatic carbocycles. The van der Waals surface area contributed by atoms with E-state index in [0.717, 1.165) is 5.69 Å². The third kappa shape index (κ3) is 2.72. The lowest BCUT2D eigenvalue weighted by Gasteiger charge is -2.29. The molecule has 1 heterocycles.